The molecule has 0 spiro atoms. The summed E-state index contributed by atoms with van der Waals surface area (Å²) in [5.74, 6) is -0.930. The van der Waals surface area contributed by atoms with Crippen LogP contribution in [0.1, 0.15) is 54.6 Å². The number of nitrogens with zero attached hydrogens (tertiary/aromatic N) is 2. The van der Waals surface area contributed by atoms with E-state index in [1.165, 1.54) is 17.0 Å². The first kappa shape index (κ1) is 26.4. The molecule has 1 saturated carbocycles. The third kappa shape index (κ3) is 6.12. The summed E-state index contributed by atoms with van der Waals surface area (Å²) in [6, 6.07) is 42.7. The minimum Gasteiger partial charge on any atom is -0.501 e. The summed E-state index contributed by atoms with van der Waals surface area (Å²) in [5.41, 5.74) is 5.47. The third-order valence-corrected chi connectivity index (χ3v) is 8.94. The van der Waals surface area contributed by atoms with E-state index in [-0.39, 0.29) is 25.7 Å². The minimum atomic E-state index is -2.33. The number of aromatic nitrogens is 2. The van der Waals surface area contributed by atoms with Crippen LogP contribution in [0.25, 0.3) is 66.0 Å². The van der Waals surface area contributed by atoms with Crippen molar-refractivity contribution in [2.24, 2.45) is 0 Å². The van der Waals surface area contributed by atoms with Crippen molar-refractivity contribution in [3.05, 3.63) is 145 Å². The van der Waals surface area contributed by atoms with E-state index in [1.807, 2.05) is 66.7 Å². The van der Waals surface area contributed by atoms with Gasteiger partial charge in [0.15, 0.2) is 0 Å². The first-order valence-corrected chi connectivity index (χ1v) is 15.9. The summed E-state index contributed by atoms with van der Waals surface area (Å²) in [4.78, 5) is 8.80. The van der Waals surface area contributed by atoms with Gasteiger partial charge in [0.2, 0.25) is 0 Å². The van der Waals surface area contributed by atoms with Gasteiger partial charge in [0, 0.05) is 43.4 Å². The van der Waals surface area contributed by atoms with Crippen molar-refractivity contribution in [1.82, 2.24) is 9.97 Å². The second-order valence-corrected chi connectivity index (χ2v) is 11.8. The van der Waals surface area contributed by atoms with Gasteiger partial charge in [0.25, 0.3) is 0 Å². The quantitative estimate of drug-likeness (QED) is 0.132. The van der Waals surface area contributed by atoms with Gasteiger partial charge in [-0.1, -0.05) is 84.8 Å². The summed E-state index contributed by atoms with van der Waals surface area (Å²) in [6.45, 7) is -2.33. The fraction of sp³-hybridized carbons (Fsp3) is 0.163. The summed E-state index contributed by atoms with van der Waals surface area (Å²) in [5, 5.41) is 6.62. The molecule has 0 N–H and O–H groups in total. The molecule has 47 heavy (non-hydrogen) atoms. The fourth-order valence-electron chi connectivity index (χ4n) is 6.64. The van der Waals surface area contributed by atoms with Crippen molar-refractivity contribution in [2.45, 2.75) is 44.8 Å². The van der Waals surface area contributed by atoms with Gasteiger partial charge in [-0.3, -0.25) is 0 Å². The Kier molecular flexibility index (Phi) is 7.66. The van der Waals surface area contributed by atoms with Crippen molar-refractivity contribution >= 4 is 43.5 Å². The number of pyridine rings is 2. The zero-order chi connectivity index (χ0) is 34.3. The Hall–Kier alpha value is -4.63. The Morgan fingerprint density at radius 2 is 1.57 bits per heavy atom. The maximum atomic E-state index is 9.23. The zero-order valence-electron chi connectivity index (χ0n) is 29.7. The van der Waals surface area contributed by atoms with Gasteiger partial charge in [0.05, 0.1) is 5.58 Å². The van der Waals surface area contributed by atoms with E-state index in [0.29, 0.717) is 35.2 Å². The van der Waals surface area contributed by atoms with Crippen LogP contribution in [0.15, 0.2) is 126 Å². The summed E-state index contributed by atoms with van der Waals surface area (Å²) in [7, 11) is 0. The van der Waals surface area contributed by atoms with Crippen LogP contribution in [0.2, 0.25) is 0 Å². The van der Waals surface area contributed by atoms with E-state index >= 15 is 0 Å². The van der Waals surface area contributed by atoms with Crippen molar-refractivity contribution in [1.29, 1.82) is 0 Å². The van der Waals surface area contributed by atoms with E-state index in [9.17, 15) is 1.37 Å². The number of aryl methyl sites for hydroxylation is 1. The number of rotatable bonds is 3. The van der Waals surface area contributed by atoms with Crippen LogP contribution >= 0.6 is 0 Å². The van der Waals surface area contributed by atoms with Crippen LogP contribution in [0.4, 0.5) is 0 Å². The largest absolute Gasteiger partial charge is 0.501 e. The molecule has 0 atom stereocenters. The van der Waals surface area contributed by atoms with Gasteiger partial charge in [-0.25, -0.2) is 0 Å². The molecule has 0 amide bonds. The predicted molar refractivity (Wildman–Crippen MR) is 190 cm³/mol. The Morgan fingerprint density at radius 1 is 0.723 bits per heavy atom. The van der Waals surface area contributed by atoms with Crippen LogP contribution in [0.5, 0.6) is 0 Å². The van der Waals surface area contributed by atoms with Crippen LogP contribution < -0.4 is 0 Å². The second-order valence-electron chi connectivity index (χ2n) is 11.8. The molecule has 1 fully saturated rings. The smallest absolute Gasteiger partial charge is 0.121 e. The number of fused-ring (bicyclic) bond motifs is 6. The number of hydrogen-bond donors (Lipinski definition) is 0. The Morgan fingerprint density at radius 3 is 2.40 bits per heavy atom. The first-order chi connectivity index (χ1) is 24.3. The van der Waals surface area contributed by atoms with Crippen LogP contribution in [0, 0.1) is 19.0 Å². The zero-order valence-corrected chi connectivity index (χ0v) is 28.1. The summed E-state index contributed by atoms with van der Waals surface area (Å²) >= 11 is 0. The molecule has 4 heteroatoms. The Labute approximate surface area is 294 Å². The molecule has 1 radical (unpaired) electrons. The van der Waals surface area contributed by atoms with E-state index in [2.05, 4.69) is 64.6 Å². The van der Waals surface area contributed by atoms with Gasteiger partial charge in [0.1, 0.15) is 5.58 Å². The topological polar surface area (TPSA) is 38.9 Å². The van der Waals surface area contributed by atoms with Crippen molar-refractivity contribution in [3.8, 4) is 22.5 Å². The monoisotopic (exact) mass is 791 g/mol. The first-order valence-electron chi connectivity index (χ1n) is 17.9. The average molecular weight is 791 g/mol. The van der Waals surface area contributed by atoms with E-state index < -0.39 is 12.7 Å². The summed E-state index contributed by atoms with van der Waals surface area (Å²) in [6.07, 6.45) is 7.47. The molecule has 3 aromatic heterocycles. The van der Waals surface area contributed by atoms with E-state index in [1.54, 1.807) is 6.20 Å². The molecule has 9 rings (SSSR count). The molecule has 0 aliphatic heterocycles. The van der Waals surface area contributed by atoms with Gasteiger partial charge < -0.3 is 14.4 Å². The molecule has 8 aromatic rings. The molecule has 3 heterocycles. The van der Waals surface area contributed by atoms with Crippen molar-refractivity contribution in [2.75, 3.05) is 0 Å². The molecule has 0 unspecified atom stereocenters. The van der Waals surface area contributed by atoms with E-state index in [4.69, 9.17) is 8.53 Å². The maximum Gasteiger partial charge on any atom is 0.121 e. The van der Waals surface area contributed by atoms with Crippen LogP contribution in [0.3, 0.4) is 0 Å². The molecule has 0 saturated heterocycles. The standard InChI is InChI=1S/C32H26NO.C11H8N.Ir/c1-20-19-33-30(17-27(20)21-8-3-2-4-9-21)26-13-7-12-25-29-16-23-15-14-22-10-5-6-11-24(22)28(23)18-31(29)34-32(25)26;1-2-6-10(7-3-1)11-8-4-5-9-12-11;/h5-7,10-12,14-19,21H,2-4,8-9H2,1H3;1-6,8-9H;/q2*-1;/i1D3,21D;;. The molecule has 5 aromatic carbocycles. The van der Waals surface area contributed by atoms with Gasteiger partial charge in [-0.05, 0) is 87.8 Å². The van der Waals surface area contributed by atoms with E-state index in [0.717, 1.165) is 57.6 Å². The number of hydrogen-bond acceptors (Lipinski definition) is 3. The second kappa shape index (κ2) is 13.6. The fourth-order valence-corrected chi connectivity index (χ4v) is 6.64. The molecule has 0 bridgehead atoms. The normalized spacial score (nSPS) is 15.6. The predicted octanol–water partition coefficient (Wildman–Crippen LogP) is 11.7. The van der Waals surface area contributed by atoms with Gasteiger partial charge >= 0.3 is 0 Å². The van der Waals surface area contributed by atoms with Crippen molar-refractivity contribution in [3.63, 3.8) is 0 Å². The maximum absolute atomic E-state index is 9.23. The summed E-state index contributed by atoms with van der Waals surface area (Å²) < 4.78 is 40.0. The third-order valence-electron chi connectivity index (χ3n) is 8.94. The number of benzene rings is 5. The minimum absolute atomic E-state index is 0. The molecule has 1 aliphatic carbocycles. The van der Waals surface area contributed by atoms with Crippen LogP contribution in [-0.4, -0.2) is 9.97 Å². The Bertz CT molecular complexity index is 2440. The SMILES string of the molecule is [2H]C([2H])([2H])c1cnc(-c2[c-]ccc3c2oc2cc4c(ccc5ccccc54)cc23)cc1C1([2H])CCCCC1.[Ir].[c-]1ccccc1-c1ccccn1. The molecular weight excluding hydrogens is 753 g/mol. The Balaban J connectivity index is 0.000000265. The van der Waals surface area contributed by atoms with Crippen molar-refractivity contribution < 1.29 is 30.0 Å². The molecule has 1 aliphatic rings. The van der Waals surface area contributed by atoms with Crippen LogP contribution in [-0.2, 0) is 20.1 Å². The average Bonchev–Trinajstić information content (AvgIpc) is 3.52. The number of furan rings is 1. The van der Waals surface area contributed by atoms with Gasteiger partial charge in [-0.2, -0.15) is 0 Å². The molecule has 3 nitrogen and oxygen atoms in total. The molecule has 233 valence electrons. The molecular formula is C43H34IrN2O-2. The van der Waals surface area contributed by atoms with Gasteiger partial charge in [-0.15, -0.1) is 54.1 Å².